The van der Waals surface area contributed by atoms with E-state index in [0.29, 0.717) is 11.5 Å². The minimum Gasteiger partial charge on any atom is -0.495 e. The van der Waals surface area contributed by atoms with E-state index in [2.05, 4.69) is 10.5 Å². The highest BCUT2D eigenvalue weighted by molar-refractivity contribution is 7.92. The third kappa shape index (κ3) is 5.31. The number of nitrogens with zero attached hydrogens (tertiary/aromatic N) is 2. The molecule has 0 bridgehead atoms. The number of para-hydroxylation sites is 2. The zero-order chi connectivity index (χ0) is 22.4. The van der Waals surface area contributed by atoms with Crippen molar-refractivity contribution in [1.82, 2.24) is 5.43 Å². The second kappa shape index (κ2) is 9.76. The maximum atomic E-state index is 13.4. The molecule has 0 spiro atoms. The molecular weight excluding hydrogens is 434 g/mol. The van der Waals surface area contributed by atoms with Gasteiger partial charge in [-0.2, -0.15) is 5.10 Å². The van der Waals surface area contributed by atoms with Crippen LogP contribution < -0.4 is 14.5 Å². The van der Waals surface area contributed by atoms with Crippen LogP contribution in [0.25, 0.3) is 0 Å². The Morgan fingerprint density at radius 1 is 1.10 bits per heavy atom. The Labute approximate surface area is 186 Å². The molecule has 9 heteroatoms. The highest BCUT2D eigenvalue weighted by Crippen LogP contribution is 2.32. The average molecular weight is 458 g/mol. The molecule has 3 aromatic rings. The SMILES string of the molecule is COc1ccccc1N(CC(=O)N/N=C(/C)c1cccs1)S(=O)(=O)c1ccc(C)cc1. The highest BCUT2D eigenvalue weighted by atomic mass is 32.2. The number of benzene rings is 2. The van der Waals surface area contributed by atoms with E-state index < -0.39 is 22.5 Å². The summed E-state index contributed by atoms with van der Waals surface area (Å²) in [7, 11) is -2.59. The molecule has 7 nitrogen and oxygen atoms in total. The molecule has 0 aliphatic heterocycles. The Bertz CT molecular complexity index is 1170. The van der Waals surface area contributed by atoms with E-state index >= 15 is 0 Å². The summed E-state index contributed by atoms with van der Waals surface area (Å²) in [6, 6.07) is 16.9. The molecule has 0 saturated heterocycles. The first-order valence-corrected chi connectivity index (χ1v) is 11.7. The maximum Gasteiger partial charge on any atom is 0.264 e. The van der Waals surface area contributed by atoms with Crippen molar-refractivity contribution in [3.8, 4) is 5.75 Å². The van der Waals surface area contributed by atoms with Crippen molar-refractivity contribution in [3.63, 3.8) is 0 Å². The second-order valence-electron chi connectivity index (χ2n) is 6.71. The molecule has 162 valence electrons. The molecule has 1 aromatic heterocycles. The monoisotopic (exact) mass is 457 g/mol. The normalized spacial score (nSPS) is 11.8. The van der Waals surface area contributed by atoms with Crippen LogP contribution in [0, 0.1) is 6.92 Å². The zero-order valence-electron chi connectivity index (χ0n) is 17.4. The standard InChI is InChI=1S/C22H23N3O4S2/c1-16-10-12-18(13-11-16)31(27,28)25(19-7-4-5-8-20(19)29-3)15-22(26)24-23-17(2)21-9-6-14-30-21/h4-14H,15H2,1-3H3,(H,24,26)/b23-17-. The molecule has 3 rings (SSSR count). The Hall–Kier alpha value is -3.17. The summed E-state index contributed by atoms with van der Waals surface area (Å²) in [5.74, 6) is -0.234. The lowest BCUT2D eigenvalue weighted by atomic mass is 10.2. The summed E-state index contributed by atoms with van der Waals surface area (Å²) in [5, 5.41) is 6.01. The highest BCUT2D eigenvalue weighted by Gasteiger charge is 2.29. The first-order valence-electron chi connectivity index (χ1n) is 9.42. The number of anilines is 1. The van der Waals surface area contributed by atoms with Gasteiger partial charge in [-0.1, -0.05) is 35.9 Å². The third-order valence-corrected chi connectivity index (χ3v) is 7.23. The number of aryl methyl sites for hydroxylation is 1. The lowest BCUT2D eigenvalue weighted by Crippen LogP contribution is -2.40. The largest absolute Gasteiger partial charge is 0.495 e. The molecule has 31 heavy (non-hydrogen) atoms. The summed E-state index contributed by atoms with van der Waals surface area (Å²) in [6.07, 6.45) is 0. The zero-order valence-corrected chi connectivity index (χ0v) is 19.0. The molecule has 0 atom stereocenters. The van der Waals surface area contributed by atoms with Gasteiger partial charge >= 0.3 is 0 Å². The van der Waals surface area contributed by atoms with E-state index in [0.717, 1.165) is 14.7 Å². The van der Waals surface area contributed by atoms with Crippen molar-refractivity contribution >= 4 is 38.7 Å². The summed E-state index contributed by atoms with van der Waals surface area (Å²) >= 11 is 1.50. The van der Waals surface area contributed by atoms with Crippen LogP contribution >= 0.6 is 11.3 Å². The van der Waals surface area contributed by atoms with E-state index in [1.165, 1.54) is 30.6 Å². The topological polar surface area (TPSA) is 88.1 Å². The van der Waals surface area contributed by atoms with Gasteiger partial charge in [-0.05, 0) is 49.6 Å². The van der Waals surface area contributed by atoms with Crippen LogP contribution in [0.2, 0.25) is 0 Å². The van der Waals surface area contributed by atoms with E-state index in [9.17, 15) is 13.2 Å². The number of thiophene rings is 1. The molecule has 0 saturated carbocycles. The van der Waals surface area contributed by atoms with Gasteiger partial charge in [0.05, 0.1) is 23.4 Å². The number of methoxy groups -OCH3 is 1. The fourth-order valence-electron chi connectivity index (χ4n) is 2.82. The van der Waals surface area contributed by atoms with Crippen molar-refractivity contribution < 1.29 is 17.9 Å². The number of hydrazone groups is 1. The van der Waals surface area contributed by atoms with Crippen LogP contribution in [0.4, 0.5) is 5.69 Å². The molecule has 0 fully saturated rings. The first kappa shape index (κ1) is 22.5. The number of hydrogen-bond acceptors (Lipinski definition) is 6. The first-order chi connectivity index (χ1) is 14.8. The summed E-state index contributed by atoms with van der Waals surface area (Å²) in [4.78, 5) is 13.7. The molecule has 0 radical (unpaired) electrons. The Morgan fingerprint density at radius 3 is 2.45 bits per heavy atom. The van der Waals surface area contributed by atoms with Crippen molar-refractivity contribution in [3.05, 3.63) is 76.5 Å². The lowest BCUT2D eigenvalue weighted by molar-refractivity contribution is -0.119. The number of carbonyl (C=O) groups excluding carboxylic acids is 1. The van der Waals surface area contributed by atoms with Crippen LogP contribution in [0.15, 0.2) is 76.0 Å². The minimum absolute atomic E-state index is 0.0788. The molecule has 0 unspecified atom stereocenters. The average Bonchev–Trinajstić information content (AvgIpc) is 3.31. The van der Waals surface area contributed by atoms with E-state index in [4.69, 9.17) is 4.74 Å². The van der Waals surface area contributed by atoms with Crippen molar-refractivity contribution in [2.24, 2.45) is 5.10 Å². The predicted octanol–water partition coefficient (Wildman–Crippen LogP) is 3.80. The van der Waals surface area contributed by atoms with E-state index in [1.54, 1.807) is 43.3 Å². The summed E-state index contributed by atoms with van der Waals surface area (Å²) < 4.78 is 33.2. The van der Waals surface area contributed by atoms with Crippen LogP contribution in [0.1, 0.15) is 17.4 Å². The number of nitrogens with one attached hydrogen (secondary N) is 1. The van der Waals surface area contributed by atoms with Crippen LogP contribution in [-0.2, 0) is 14.8 Å². The Morgan fingerprint density at radius 2 is 1.81 bits per heavy atom. The van der Waals surface area contributed by atoms with Crippen LogP contribution in [0.5, 0.6) is 5.75 Å². The number of rotatable bonds is 8. The van der Waals surface area contributed by atoms with Crippen LogP contribution in [0.3, 0.4) is 0 Å². The maximum absolute atomic E-state index is 13.4. The number of amides is 1. The van der Waals surface area contributed by atoms with E-state index in [1.807, 2.05) is 24.4 Å². The number of ether oxygens (including phenoxy) is 1. The Balaban J connectivity index is 1.93. The fraction of sp³-hybridized carbons (Fsp3) is 0.182. The van der Waals surface area contributed by atoms with Gasteiger partial charge in [0.15, 0.2) is 0 Å². The number of carbonyl (C=O) groups is 1. The third-order valence-electron chi connectivity index (χ3n) is 4.48. The van der Waals surface area contributed by atoms with Crippen molar-refractivity contribution in [2.75, 3.05) is 18.0 Å². The van der Waals surface area contributed by atoms with Gasteiger partial charge in [-0.3, -0.25) is 9.10 Å². The van der Waals surface area contributed by atoms with Gasteiger partial charge in [0, 0.05) is 4.88 Å². The van der Waals surface area contributed by atoms with Gasteiger partial charge in [0.2, 0.25) is 0 Å². The van der Waals surface area contributed by atoms with Gasteiger partial charge in [0.1, 0.15) is 12.3 Å². The van der Waals surface area contributed by atoms with Crippen molar-refractivity contribution in [1.29, 1.82) is 0 Å². The molecule has 1 amide bonds. The quantitative estimate of drug-likeness (QED) is 0.412. The van der Waals surface area contributed by atoms with Gasteiger partial charge < -0.3 is 4.74 Å². The molecule has 1 heterocycles. The van der Waals surface area contributed by atoms with Gasteiger partial charge in [-0.25, -0.2) is 13.8 Å². The lowest BCUT2D eigenvalue weighted by Gasteiger charge is -2.25. The van der Waals surface area contributed by atoms with E-state index in [-0.39, 0.29) is 10.6 Å². The summed E-state index contributed by atoms with van der Waals surface area (Å²) in [6.45, 7) is 3.18. The minimum atomic E-state index is -4.03. The number of hydrogen-bond donors (Lipinski definition) is 1. The Kier molecular flexibility index (Phi) is 7.09. The summed E-state index contributed by atoms with van der Waals surface area (Å²) in [5.41, 5.74) is 4.28. The van der Waals surface area contributed by atoms with Gasteiger partial charge in [0.25, 0.3) is 15.9 Å². The van der Waals surface area contributed by atoms with Crippen molar-refractivity contribution in [2.45, 2.75) is 18.7 Å². The predicted molar refractivity (Wildman–Crippen MR) is 123 cm³/mol. The molecule has 2 aromatic carbocycles. The van der Waals surface area contributed by atoms with Crippen LogP contribution in [-0.4, -0.2) is 33.7 Å². The fourth-order valence-corrected chi connectivity index (χ4v) is 4.93. The van der Waals surface area contributed by atoms with Gasteiger partial charge in [-0.15, -0.1) is 11.3 Å². The number of sulfonamides is 1. The molecular formula is C22H23N3O4S2. The molecule has 0 aliphatic carbocycles. The molecule has 0 aliphatic rings. The molecule has 1 N–H and O–H groups in total. The second-order valence-corrected chi connectivity index (χ2v) is 9.52. The smallest absolute Gasteiger partial charge is 0.264 e.